The summed E-state index contributed by atoms with van der Waals surface area (Å²) in [7, 11) is -6.06. The summed E-state index contributed by atoms with van der Waals surface area (Å²) in [6, 6.07) is 6.99. The van der Waals surface area contributed by atoms with Gasteiger partial charge in [0.1, 0.15) is 0 Å². The van der Waals surface area contributed by atoms with Crippen molar-refractivity contribution in [2.45, 2.75) is 22.6 Å². The molecular formula is C18H18N6O4S4. The third-order valence-corrected chi connectivity index (χ3v) is 11.9. The van der Waals surface area contributed by atoms with E-state index < -0.39 is 19.7 Å². The molecule has 0 spiro atoms. The number of hydrogen-bond acceptors (Lipinski definition) is 12. The molecule has 32 heavy (non-hydrogen) atoms. The number of fused-ring (bicyclic) bond motifs is 3. The first-order chi connectivity index (χ1) is 15.2. The van der Waals surface area contributed by atoms with Crippen LogP contribution in [0.1, 0.15) is 0 Å². The molecule has 14 heteroatoms. The quantitative estimate of drug-likeness (QED) is 0.600. The fourth-order valence-corrected chi connectivity index (χ4v) is 11.5. The molecule has 168 valence electrons. The maximum Gasteiger partial charge on any atom is 0.176 e. The standard InChI is InChI=1S/C18H18N6O4S4/c25-31(26)5-11-13(7-31)29-17(21-11)23-15-16(20-10-4-2-1-3-9(10)19-15)24-18-22-12-6-32(27,28)8-14(12)30-18/h1-4,11-14H,5-8H2,(H,19,21,23)(H,20,22,24)/t11-,12+,13-,14+. The molecule has 2 fully saturated rings. The van der Waals surface area contributed by atoms with Crippen molar-refractivity contribution >= 4 is 76.2 Å². The minimum atomic E-state index is -3.03. The Balaban J connectivity index is 1.29. The van der Waals surface area contributed by atoms with Crippen LogP contribution >= 0.6 is 23.5 Å². The van der Waals surface area contributed by atoms with Gasteiger partial charge >= 0.3 is 0 Å². The van der Waals surface area contributed by atoms with Crippen molar-refractivity contribution in [1.29, 1.82) is 0 Å². The van der Waals surface area contributed by atoms with E-state index >= 15 is 0 Å². The average molecular weight is 511 g/mol. The van der Waals surface area contributed by atoms with Gasteiger partial charge in [-0.15, -0.1) is 0 Å². The second kappa shape index (κ2) is 7.30. The van der Waals surface area contributed by atoms with E-state index in [0.717, 1.165) is 0 Å². The van der Waals surface area contributed by atoms with E-state index in [4.69, 9.17) is 0 Å². The Morgan fingerprint density at radius 1 is 0.719 bits per heavy atom. The molecule has 4 aliphatic rings. The first-order valence-electron chi connectivity index (χ1n) is 9.94. The van der Waals surface area contributed by atoms with Gasteiger partial charge in [0.15, 0.2) is 41.6 Å². The summed E-state index contributed by atoms with van der Waals surface area (Å²) in [5.74, 6) is 1.33. The number of hydrogen-bond donors (Lipinski definition) is 2. The van der Waals surface area contributed by atoms with Crippen LogP contribution < -0.4 is 10.6 Å². The Morgan fingerprint density at radius 3 is 1.56 bits per heavy atom. The molecule has 1 aromatic carbocycles. The van der Waals surface area contributed by atoms with E-state index in [1.165, 1.54) is 23.5 Å². The van der Waals surface area contributed by atoms with E-state index in [9.17, 15) is 16.8 Å². The fourth-order valence-electron chi connectivity index (χ4n) is 4.21. The fraction of sp³-hybridized carbons (Fsp3) is 0.444. The van der Waals surface area contributed by atoms with Crippen molar-refractivity contribution in [2.75, 3.05) is 33.6 Å². The Morgan fingerprint density at radius 2 is 1.16 bits per heavy atom. The van der Waals surface area contributed by atoms with Gasteiger partial charge in [0.2, 0.25) is 0 Å². The minimum Gasteiger partial charge on any atom is -0.317 e. The Bertz CT molecular complexity index is 1300. The van der Waals surface area contributed by atoms with Gasteiger partial charge in [-0.2, -0.15) is 0 Å². The molecule has 10 nitrogen and oxygen atoms in total. The van der Waals surface area contributed by atoms with Crippen LogP contribution in [0.15, 0.2) is 34.3 Å². The highest BCUT2D eigenvalue weighted by Gasteiger charge is 2.44. The number of nitrogens with zero attached hydrogens (tertiary/aromatic N) is 4. The van der Waals surface area contributed by atoms with Crippen LogP contribution in [0, 0.1) is 0 Å². The first kappa shape index (κ1) is 20.7. The number of thioether (sulfide) groups is 2. The van der Waals surface area contributed by atoms with Gasteiger partial charge in [0.25, 0.3) is 0 Å². The summed E-state index contributed by atoms with van der Waals surface area (Å²) in [5.41, 5.74) is 1.41. The van der Waals surface area contributed by atoms with Crippen LogP contribution in [0.4, 0.5) is 11.6 Å². The molecule has 0 aliphatic carbocycles. The summed E-state index contributed by atoms with van der Waals surface area (Å²) >= 11 is 2.82. The summed E-state index contributed by atoms with van der Waals surface area (Å²) < 4.78 is 47.3. The van der Waals surface area contributed by atoms with Crippen LogP contribution in [0.2, 0.25) is 0 Å². The Labute approximate surface area is 193 Å². The maximum absolute atomic E-state index is 11.8. The molecule has 0 amide bonds. The number of rotatable bonds is 2. The van der Waals surface area contributed by atoms with Crippen molar-refractivity contribution in [2.24, 2.45) is 9.98 Å². The number of amidine groups is 2. The average Bonchev–Trinajstić information content (AvgIpc) is 3.38. The number of aromatic nitrogens is 2. The SMILES string of the molecule is O=S1(=O)C[C@@H]2N=C(Nc3nc4ccccc4nc3NC3=N[C@@H]4CS(=O)(=O)C[C@H]4S3)S[C@H]2C1. The smallest absolute Gasteiger partial charge is 0.176 e. The highest BCUT2D eigenvalue weighted by molar-refractivity contribution is 8.16. The summed E-state index contributed by atoms with van der Waals surface area (Å²) in [4.78, 5) is 18.5. The van der Waals surface area contributed by atoms with Crippen molar-refractivity contribution in [3.05, 3.63) is 24.3 Å². The lowest BCUT2D eigenvalue weighted by molar-refractivity contribution is 0.599. The molecule has 6 rings (SSSR count). The highest BCUT2D eigenvalue weighted by atomic mass is 32.2. The molecule has 2 N–H and O–H groups in total. The van der Waals surface area contributed by atoms with Crippen molar-refractivity contribution in [1.82, 2.24) is 9.97 Å². The van der Waals surface area contributed by atoms with Gasteiger partial charge in [0, 0.05) is 10.5 Å². The van der Waals surface area contributed by atoms with Gasteiger partial charge < -0.3 is 10.6 Å². The van der Waals surface area contributed by atoms with Crippen molar-refractivity contribution in [3.63, 3.8) is 0 Å². The Kier molecular flexibility index (Phi) is 4.72. The molecule has 2 aromatic rings. The van der Waals surface area contributed by atoms with E-state index in [1.807, 2.05) is 24.3 Å². The van der Waals surface area contributed by atoms with E-state index in [-0.39, 0.29) is 45.6 Å². The largest absolute Gasteiger partial charge is 0.317 e. The van der Waals surface area contributed by atoms with Gasteiger partial charge in [-0.25, -0.2) is 26.8 Å². The molecule has 0 radical (unpaired) electrons. The zero-order valence-corrected chi connectivity index (χ0v) is 19.8. The molecule has 1 aromatic heterocycles. The molecule has 0 unspecified atom stereocenters. The van der Waals surface area contributed by atoms with Gasteiger partial charge in [-0.3, -0.25) is 9.98 Å². The summed E-state index contributed by atoms with van der Waals surface area (Å²) in [6.45, 7) is 0. The van der Waals surface area contributed by atoms with Crippen LogP contribution in [-0.2, 0) is 19.7 Å². The van der Waals surface area contributed by atoms with Gasteiger partial charge in [0.05, 0.1) is 46.1 Å². The minimum absolute atomic E-state index is 0.0729. The lowest BCUT2D eigenvalue weighted by Crippen LogP contribution is -2.17. The highest BCUT2D eigenvalue weighted by Crippen LogP contribution is 2.37. The third-order valence-electron chi connectivity index (χ3n) is 5.66. The predicted molar refractivity (Wildman–Crippen MR) is 129 cm³/mol. The Hall–Kier alpha value is -1.90. The second-order valence-corrected chi connectivity index (χ2v) is 14.9. The monoisotopic (exact) mass is 510 g/mol. The van der Waals surface area contributed by atoms with E-state index in [2.05, 4.69) is 30.6 Å². The number of benzene rings is 1. The van der Waals surface area contributed by atoms with E-state index in [0.29, 0.717) is 33.0 Å². The molecule has 0 saturated carbocycles. The molecular weight excluding hydrogens is 493 g/mol. The lowest BCUT2D eigenvalue weighted by atomic mass is 10.3. The first-order valence-corrected chi connectivity index (χ1v) is 15.3. The number of aliphatic imine (C=N–C) groups is 2. The summed E-state index contributed by atoms with van der Waals surface area (Å²) in [6.07, 6.45) is 0. The molecule has 5 heterocycles. The van der Waals surface area contributed by atoms with E-state index in [1.54, 1.807) is 0 Å². The topological polar surface area (TPSA) is 143 Å². The third kappa shape index (κ3) is 3.86. The molecule has 4 atom stereocenters. The number of para-hydroxylation sites is 2. The van der Waals surface area contributed by atoms with Crippen LogP contribution in [-0.4, -0.2) is 82.7 Å². The zero-order valence-electron chi connectivity index (χ0n) is 16.5. The molecule has 4 aliphatic heterocycles. The molecule has 2 saturated heterocycles. The van der Waals surface area contributed by atoms with Crippen LogP contribution in [0.5, 0.6) is 0 Å². The molecule has 0 bridgehead atoms. The predicted octanol–water partition coefficient (Wildman–Crippen LogP) is 0.990. The number of nitrogens with one attached hydrogen (secondary N) is 2. The number of anilines is 2. The van der Waals surface area contributed by atoms with Crippen LogP contribution in [0.3, 0.4) is 0 Å². The van der Waals surface area contributed by atoms with Crippen LogP contribution in [0.25, 0.3) is 11.0 Å². The summed E-state index contributed by atoms with van der Waals surface area (Å²) in [5, 5.41) is 7.51. The van der Waals surface area contributed by atoms with Gasteiger partial charge in [-0.05, 0) is 12.1 Å². The lowest BCUT2D eigenvalue weighted by Gasteiger charge is -2.13. The van der Waals surface area contributed by atoms with Crippen molar-refractivity contribution in [3.8, 4) is 0 Å². The van der Waals surface area contributed by atoms with Crippen molar-refractivity contribution < 1.29 is 16.8 Å². The maximum atomic E-state index is 11.8. The van der Waals surface area contributed by atoms with Gasteiger partial charge in [-0.1, -0.05) is 35.7 Å². The zero-order chi connectivity index (χ0) is 22.1. The second-order valence-electron chi connectivity index (χ2n) is 8.13. The normalized spacial score (nSPS) is 31.8. The number of sulfone groups is 2.